The highest BCUT2D eigenvalue weighted by atomic mass is 16.4. The van der Waals surface area contributed by atoms with Crippen LogP contribution in [-0.4, -0.2) is 24.0 Å². The second kappa shape index (κ2) is 7.51. The lowest BCUT2D eigenvalue weighted by atomic mass is 10.2. The van der Waals surface area contributed by atoms with E-state index in [9.17, 15) is 19.5 Å². The van der Waals surface area contributed by atoms with Crippen molar-refractivity contribution in [3.05, 3.63) is 65.7 Å². The minimum atomic E-state index is -1.38. The van der Waals surface area contributed by atoms with Crippen LogP contribution < -0.4 is 15.8 Å². The molecule has 0 spiro atoms. The van der Waals surface area contributed by atoms with Crippen molar-refractivity contribution in [1.82, 2.24) is 5.43 Å². The molecule has 2 aromatic carbocycles. The largest absolute Gasteiger partial charge is 0.545 e. The first kappa shape index (κ1) is 15.9. The number of benzene rings is 2. The standard InChI is InChI=1S/C16H13N3O4/c20-14(18-13-8-4-7-12(9-13)16(22)23)15(21)19-17-10-11-5-2-1-3-6-11/h1-10H,(H,18,20)(H,19,21)(H,22,23)/p-1/b17-10-. The normalized spacial score (nSPS) is 10.3. The van der Waals surface area contributed by atoms with Crippen LogP contribution in [0, 0.1) is 0 Å². The minimum absolute atomic E-state index is 0.106. The summed E-state index contributed by atoms with van der Waals surface area (Å²) < 4.78 is 0. The van der Waals surface area contributed by atoms with Crippen molar-refractivity contribution in [2.45, 2.75) is 0 Å². The van der Waals surface area contributed by atoms with Gasteiger partial charge in [-0.25, -0.2) is 5.43 Å². The zero-order valence-corrected chi connectivity index (χ0v) is 11.9. The smallest absolute Gasteiger partial charge is 0.329 e. The molecule has 0 heterocycles. The van der Waals surface area contributed by atoms with Crippen molar-refractivity contribution < 1.29 is 19.5 Å². The van der Waals surface area contributed by atoms with Gasteiger partial charge in [0, 0.05) is 5.69 Å². The van der Waals surface area contributed by atoms with Crippen molar-refractivity contribution in [2.75, 3.05) is 5.32 Å². The van der Waals surface area contributed by atoms with Crippen LogP contribution in [0.25, 0.3) is 0 Å². The molecule has 0 saturated heterocycles. The topological polar surface area (TPSA) is 111 Å². The van der Waals surface area contributed by atoms with Gasteiger partial charge >= 0.3 is 11.8 Å². The molecule has 2 amide bonds. The second-order valence-electron chi connectivity index (χ2n) is 4.43. The van der Waals surface area contributed by atoms with Crippen molar-refractivity contribution in [3.8, 4) is 0 Å². The number of carboxylic acid groups (broad SMARTS) is 1. The van der Waals surface area contributed by atoms with Crippen molar-refractivity contribution >= 4 is 29.7 Å². The first-order valence-corrected chi connectivity index (χ1v) is 6.57. The van der Waals surface area contributed by atoms with E-state index >= 15 is 0 Å². The van der Waals surface area contributed by atoms with Crippen LogP contribution in [0.1, 0.15) is 15.9 Å². The molecule has 2 N–H and O–H groups in total. The summed E-state index contributed by atoms with van der Waals surface area (Å²) in [5.41, 5.74) is 2.90. The Bertz CT molecular complexity index is 757. The lowest BCUT2D eigenvalue weighted by Crippen LogP contribution is -2.32. The predicted molar refractivity (Wildman–Crippen MR) is 81.6 cm³/mol. The van der Waals surface area contributed by atoms with Crippen molar-refractivity contribution in [3.63, 3.8) is 0 Å². The minimum Gasteiger partial charge on any atom is -0.545 e. The number of carboxylic acids is 1. The number of carbonyl (C=O) groups excluding carboxylic acids is 3. The Morgan fingerprint density at radius 3 is 2.39 bits per heavy atom. The highest BCUT2D eigenvalue weighted by Crippen LogP contribution is 2.09. The molecule has 0 aliphatic heterocycles. The fourth-order valence-corrected chi connectivity index (χ4v) is 1.67. The number of nitrogens with one attached hydrogen (secondary N) is 2. The van der Waals surface area contributed by atoms with E-state index in [1.807, 2.05) is 6.07 Å². The number of hydrazone groups is 1. The Hall–Kier alpha value is -3.48. The van der Waals surface area contributed by atoms with Crippen LogP contribution in [0.5, 0.6) is 0 Å². The summed E-state index contributed by atoms with van der Waals surface area (Å²) in [5.74, 6) is -3.32. The first-order valence-electron chi connectivity index (χ1n) is 6.57. The number of amides is 2. The van der Waals surface area contributed by atoms with Crippen molar-refractivity contribution in [1.29, 1.82) is 0 Å². The summed E-state index contributed by atoms with van der Waals surface area (Å²) in [6.07, 6.45) is 1.39. The van der Waals surface area contributed by atoms with Gasteiger partial charge in [0.1, 0.15) is 0 Å². The Morgan fingerprint density at radius 2 is 1.70 bits per heavy atom. The summed E-state index contributed by atoms with van der Waals surface area (Å²) in [7, 11) is 0. The van der Waals surface area contributed by atoms with E-state index < -0.39 is 17.8 Å². The summed E-state index contributed by atoms with van der Waals surface area (Å²) in [4.78, 5) is 34.0. The zero-order valence-electron chi connectivity index (χ0n) is 11.9. The number of carbonyl (C=O) groups is 3. The van der Waals surface area contributed by atoms with Gasteiger partial charge in [0.15, 0.2) is 0 Å². The molecule has 2 rings (SSSR count). The van der Waals surface area contributed by atoms with Crippen molar-refractivity contribution in [2.24, 2.45) is 5.10 Å². The molecule has 7 nitrogen and oxygen atoms in total. The predicted octanol–water partition coefficient (Wildman–Crippen LogP) is 0.139. The molecule has 0 fully saturated rings. The van der Waals surface area contributed by atoms with Gasteiger partial charge in [-0.2, -0.15) is 5.10 Å². The van der Waals surface area contributed by atoms with Gasteiger partial charge < -0.3 is 15.2 Å². The van der Waals surface area contributed by atoms with Crippen LogP contribution >= 0.6 is 0 Å². The Labute approximate surface area is 131 Å². The summed E-state index contributed by atoms with van der Waals surface area (Å²) in [6.45, 7) is 0. The third-order valence-electron chi connectivity index (χ3n) is 2.74. The Kier molecular flexibility index (Phi) is 5.19. The SMILES string of the molecule is O=C(N/N=C\c1ccccc1)C(=O)Nc1cccc(C(=O)[O-])c1. The number of hydrogen-bond acceptors (Lipinski definition) is 5. The van der Waals surface area contributed by atoms with E-state index in [1.165, 1.54) is 30.5 Å². The molecule has 0 saturated carbocycles. The lowest BCUT2D eigenvalue weighted by Gasteiger charge is -2.07. The molecule has 0 atom stereocenters. The van der Waals surface area contributed by atoms with Crippen LogP contribution in [0.2, 0.25) is 0 Å². The molecule has 7 heteroatoms. The average molecular weight is 310 g/mol. The quantitative estimate of drug-likeness (QED) is 0.475. The molecule has 116 valence electrons. The number of nitrogens with zero attached hydrogens (tertiary/aromatic N) is 1. The van der Waals surface area contributed by atoms with Crippen LogP contribution in [-0.2, 0) is 9.59 Å². The molecule has 0 bridgehead atoms. The average Bonchev–Trinajstić information content (AvgIpc) is 2.56. The van der Waals surface area contributed by atoms with E-state index in [-0.39, 0.29) is 11.3 Å². The van der Waals surface area contributed by atoms with E-state index in [1.54, 1.807) is 24.3 Å². The van der Waals surface area contributed by atoms with Gasteiger partial charge in [0.25, 0.3) is 0 Å². The molecular weight excluding hydrogens is 298 g/mol. The third-order valence-corrected chi connectivity index (χ3v) is 2.74. The van der Waals surface area contributed by atoms with Gasteiger partial charge in [-0.05, 0) is 23.3 Å². The second-order valence-corrected chi connectivity index (χ2v) is 4.43. The fraction of sp³-hybridized carbons (Fsp3) is 0. The first-order chi connectivity index (χ1) is 11.1. The number of aromatic carboxylic acids is 1. The molecule has 0 unspecified atom stereocenters. The Morgan fingerprint density at radius 1 is 0.957 bits per heavy atom. The Balaban J connectivity index is 1.93. The number of hydrogen-bond donors (Lipinski definition) is 2. The number of anilines is 1. The molecule has 0 radical (unpaired) electrons. The van der Waals surface area contributed by atoms with Crippen LogP contribution in [0.15, 0.2) is 59.7 Å². The zero-order chi connectivity index (χ0) is 16.7. The van der Waals surface area contributed by atoms with E-state index in [4.69, 9.17) is 0 Å². The molecule has 0 aromatic heterocycles. The van der Waals surface area contributed by atoms with Gasteiger partial charge in [0.2, 0.25) is 0 Å². The van der Waals surface area contributed by atoms with Crippen LogP contribution in [0.4, 0.5) is 5.69 Å². The maximum Gasteiger partial charge on any atom is 0.329 e. The maximum absolute atomic E-state index is 11.7. The molecule has 23 heavy (non-hydrogen) atoms. The lowest BCUT2D eigenvalue weighted by molar-refractivity contribution is -0.255. The third kappa shape index (κ3) is 4.78. The highest BCUT2D eigenvalue weighted by Gasteiger charge is 2.12. The fourth-order valence-electron chi connectivity index (χ4n) is 1.67. The van der Waals surface area contributed by atoms with Gasteiger partial charge in [-0.15, -0.1) is 0 Å². The van der Waals surface area contributed by atoms with E-state index in [2.05, 4.69) is 15.8 Å². The highest BCUT2D eigenvalue weighted by molar-refractivity contribution is 6.39. The van der Waals surface area contributed by atoms with Gasteiger partial charge in [-0.1, -0.05) is 42.5 Å². The van der Waals surface area contributed by atoms with Gasteiger partial charge in [-0.3, -0.25) is 9.59 Å². The monoisotopic (exact) mass is 310 g/mol. The molecule has 0 aliphatic rings. The van der Waals surface area contributed by atoms with E-state index in [0.29, 0.717) is 0 Å². The number of rotatable bonds is 4. The molecule has 0 aliphatic carbocycles. The summed E-state index contributed by atoms with van der Waals surface area (Å²) >= 11 is 0. The van der Waals surface area contributed by atoms with E-state index in [0.717, 1.165) is 5.56 Å². The molecule has 2 aromatic rings. The van der Waals surface area contributed by atoms with Gasteiger partial charge in [0.05, 0.1) is 12.2 Å². The summed E-state index contributed by atoms with van der Waals surface area (Å²) in [5, 5.41) is 16.7. The summed E-state index contributed by atoms with van der Waals surface area (Å²) in [6, 6.07) is 14.4. The maximum atomic E-state index is 11.7. The van der Waals surface area contributed by atoms with Crippen LogP contribution in [0.3, 0.4) is 0 Å². The molecular formula is C16H12N3O4-.